The molecule has 2 aromatic rings. The lowest BCUT2D eigenvalue weighted by Crippen LogP contribution is -2.27. The molecule has 0 bridgehead atoms. The number of benzene rings is 2. The predicted octanol–water partition coefficient (Wildman–Crippen LogP) is 2.07. The highest BCUT2D eigenvalue weighted by Gasteiger charge is 2.26. The number of nitrogens with one attached hydrogen (secondary N) is 1. The molecule has 0 aromatic heterocycles. The summed E-state index contributed by atoms with van der Waals surface area (Å²) in [5, 5.41) is 2.89. The van der Waals surface area contributed by atoms with Crippen LogP contribution < -0.4 is 14.5 Å². The summed E-state index contributed by atoms with van der Waals surface area (Å²) in [6, 6.07) is 12.7. The minimum absolute atomic E-state index is 0.150. The van der Waals surface area contributed by atoms with E-state index in [1.165, 1.54) is 10.6 Å². The maximum Gasteiger partial charge on any atom is 0.251 e. The molecule has 7 nitrogen and oxygen atoms in total. The minimum Gasteiger partial charge on any atom is -0.348 e. The zero-order chi connectivity index (χ0) is 20.6. The van der Waals surface area contributed by atoms with E-state index in [2.05, 4.69) is 5.32 Å². The molecule has 2 aliphatic rings. The Morgan fingerprint density at radius 1 is 1.07 bits per heavy atom. The average Bonchev–Trinajstić information content (AvgIpc) is 3.31. The average molecular weight is 413 g/mol. The fourth-order valence-electron chi connectivity index (χ4n) is 3.86. The van der Waals surface area contributed by atoms with E-state index in [1.807, 2.05) is 24.3 Å². The topological polar surface area (TPSA) is 86.8 Å². The highest BCUT2D eigenvalue weighted by atomic mass is 32.2. The van der Waals surface area contributed by atoms with Gasteiger partial charge in [0.1, 0.15) is 0 Å². The SMILES string of the molecule is CS(=O)(=O)N1CCc2cc(C(=O)NCc3ccc(N4CCCC4=O)cc3)ccc21. The van der Waals surface area contributed by atoms with E-state index in [0.717, 1.165) is 29.8 Å². The molecular formula is C21H23N3O4S. The van der Waals surface area contributed by atoms with Crippen molar-refractivity contribution in [2.45, 2.75) is 25.8 Å². The van der Waals surface area contributed by atoms with Crippen molar-refractivity contribution in [3.63, 3.8) is 0 Å². The van der Waals surface area contributed by atoms with Gasteiger partial charge in [0, 0.05) is 37.3 Å². The van der Waals surface area contributed by atoms with Crippen molar-refractivity contribution >= 4 is 33.2 Å². The number of hydrogen-bond acceptors (Lipinski definition) is 4. The summed E-state index contributed by atoms with van der Waals surface area (Å²) < 4.78 is 25.0. The molecular weight excluding hydrogens is 390 g/mol. The van der Waals surface area contributed by atoms with E-state index in [9.17, 15) is 18.0 Å². The molecule has 4 rings (SSSR count). The molecule has 2 heterocycles. The highest BCUT2D eigenvalue weighted by Crippen LogP contribution is 2.30. The zero-order valence-electron chi connectivity index (χ0n) is 16.2. The number of amides is 2. The van der Waals surface area contributed by atoms with Crippen molar-refractivity contribution in [2.24, 2.45) is 0 Å². The number of anilines is 2. The number of rotatable bonds is 5. The Morgan fingerprint density at radius 3 is 2.48 bits per heavy atom. The highest BCUT2D eigenvalue weighted by molar-refractivity contribution is 7.92. The van der Waals surface area contributed by atoms with Crippen molar-refractivity contribution in [1.29, 1.82) is 0 Å². The Labute approximate surface area is 170 Å². The van der Waals surface area contributed by atoms with E-state index in [4.69, 9.17) is 0 Å². The van der Waals surface area contributed by atoms with Gasteiger partial charge in [-0.2, -0.15) is 0 Å². The Kier molecular flexibility index (Phi) is 5.04. The van der Waals surface area contributed by atoms with Gasteiger partial charge in [-0.1, -0.05) is 12.1 Å². The fourth-order valence-corrected chi connectivity index (χ4v) is 4.81. The molecule has 0 radical (unpaired) electrons. The number of carbonyl (C=O) groups excluding carboxylic acids is 2. The van der Waals surface area contributed by atoms with Crippen LogP contribution in [0.4, 0.5) is 11.4 Å². The largest absolute Gasteiger partial charge is 0.348 e. The van der Waals surface area contributed by atoms with E-state index >= 15 is 0 Å². The van der Waals surface area contributed by atoms with Crippen molar-refractivity contribution in [2.75, 3.05) is 28.6 Å². The summed E-state index contributed by atoms with van der Waals surface area (Å²) in [5.74, 6) is -0.0542. The first-order valence-electron chi connectivity index (χ1n) is 9.61. The van der Waals surface area contributed by atoms with Crippen molar-refractivity contribution in [1.82, 2.24) is 5.32 Å². The van der Waals surface area contributed by atoms with E-state index < -0.39 is 10.0 Å². The van der Waals surface area contributed by atoms with Crippen LogP contribution in [0, 0.1) is 0 Å². The maximum absolute atomic E-state index is 12.5. The third kappa shape index (κ3) is 3.98. The molecule has 2 aliphatic heterocycles. The van der Waals surface area contributed by atoms with Gasteiger partial charge in [0.2, 0.25) is 15.9 Å². The first kappa shape index (κ1) is 19.4. The van der Waals surface area contributed by atoms with Gasteiger partial charge in [0.15, 0.2) is 0 Å². The molecule has 1 fully saturated rings. The Bertz CT molecular complexity index is 1060. The van der Waals surface area contributed by atoms with Crippen LogP contribution in [0.15, 0.2) is 42.5 Å². The van der Waals surface area contributed by atoms with Crippen LogP contribution in [0.1, 0.15) is 34.3 Å². The van der Waals surface area contributed by atoms with Crippen LogP contribution in [0.25, 0.3) is 0 Å². The lowest BCUT2D eigenvalue weighted by atomic mass is 10.1. The lowest BCUT2D eigenvalue weighted by molar-refractivity contribution is -0.117. The summed E-state index contributed by atoms with van der Waals surface area (Å²) in [5.41, 5.74) is 3.85. The van der Waals surface area contributed by atoms with Crippen LogP contribution in [0.2, 0.25) is 0 Å². The molecule has 2 amide bonds. The van der Waals surface area contributed by atoms with Gasteiger partial charge in [0.25, 0.3) is 5.91 Å². The summed E-state index contributed by atoms with van der Waals surface area (Å²) in [4.78, 5) is 26.1. The minimum atomic E-state index is -3.30. The summed E-state index contributed by atoms with van der Waals surface area (Å²) in [7, 11) is -3.30. The molecule has 0 saturated carbocycles. The summed E-state index contributed by atoms with van der Waals surface area (Å²) in [6.45, 7) is 1.54. The zero-order valence-corrected chi connectivity index (χ0v) is 17.0. The fraction of sp³-hybridized carbons (Fsp3) is 0.333. The summed E-state index contributed by atoms with van der Waals surface area (Å²) >= 11 is 0. The number of hydrogen-bond donors (Lipinski definition) is 1. The van der Waals surface area contributed by atoms with Crippen molar-refractivity contribution in [3.05, 3.63) is 59.2 Å². The van der Waals surface area contributed by atoms with Gasteiger partial charge >= 0.3 is 0 Å². The number of nitrogens with zero attached hydrogens (tertiary/aromatic N) is 2. The van der Waals surface area contributed by atoms with Gasteiger partial charge in [0.05, 0.1) is 11.9 Å². The van der Waals surface area contributed by atoms with Crippen LogP contribution >= 0.6 is 0 Å². The van der Waals surface area contributed by atoms with Crippen LogP contribution in [-0.2, 0) is 27.8 Å². The molecule has 152 valence electrons. The second kappa shape index (κ2) is 7.51. The third-order valence-electron chi connectivity index (χ3n) is 5.37. The van der Waals surface area contributed by atoms with E-state index in [0.29, 0.717) is 37.2 Å². The molecule has 29 heavy (non-hydrogen) atoms. The molecule has 0 unspecified atom stereocenters. The Balaban J connectivity index is 1.40. The van der Waals surface area contributed by atoms with E-state index in [1.54, 1.807) is 23.1 Å². The molecule has 2 aromatic carbocycles. The van der Waals surface area contributed by atoms with Crippen LogP contribution in [-0.4, -0.2) is 39.6 Å². The Morgan fingerprint density at radius 2 is 1.83 bits per heavy atom. The van der Waals surface area contributed by atoms with Gasteiger partial charge in [-0.3, -0.25) is 13.9 Å². The van der Waals surface area contributed by atoms with Crippen molar-refractivity contribution in [3.8, 4) is 0 Å². The normalized spacial score (nSPS) is 16.2. The second-order valence-corrected chi connectivity index (χ2v) is 9.33. The summed E-state index contributed by atoms with van der Waals surface area (Å²) in [6.07, 6.45) is 3.27. The standard InChI is InChI=1S/C21H23N3O4S/c1-29(27,28)24-12-10-16-13-17(6-9-19(16)24)21(26)22-14-15-4-7-18(8-5-15)23-11-2-3-20(23)25/h4-9,13H,2-3,10-12,14H2,1H3,(H,22,26). The molecule has 1 N–H and O–H groups in total. The van der Waals surface area contributed by atoms with Crippen LogP contribution in [0.5, 0.6) is 0 Å². The van der Waals surface area contributed by atoms with Crippen LogP contribution in [0.3, 0.4) is 0 Å². The van der Waals surface area contributed by atoms with Gasteiger partial charge in [-0.25, -0.2) is 8.42 Å². The quantitative estimate of drug-likeness (QED) is 0.813. The number of carbonyl (C=O) groups is 2. The first-order chi connectivity index (χ1) is 13.8. The predicted molar refractivity (Wildman–Crippen MR) is 112 cm³/mol. The maximum atomic E-state index is 12.5. The van der Waals surface area contributed by atoms with Crippen molar-refractivity contribution < 1.29 is 18.0 Å². The lowest BCUT2D eigenvalue weighted by Gasteiger charge is -2.16. The molecule has 0 spiro atoms. The third-order valence-corrected chi connectivity index (χ3v) is 6.55. The van der Waals surface area contributed by atoms with Gasteiger partial charge in [-0.15, -0.1) is 0 Å². The van der Waals surface area contributed by atoms with E-state index in [-0.39, 0.29) is 11.8 Å². The second-order valence-electron chi connectivity index (χ2n) is 7.43. The monoisotopic (exact) mass is 413 g/mol. The van der Waals surface area contributed by atoms with Gasteiger partial charge < -0.3 is 10.2 Å². The Hall–Kier alpha value is -2.87. The molecule has 0 aliphatic carbocycles. The number of sulfonamides is 1. The first-order valence-corrected chi connectivity index (χ1v) is 11.5. The molecule has 1 saturated heterocycles. The molecule has 8 heteroatoms. The molecule has 0 atom stereocenters. The number of fused-ring (bicyclic) bond motifs is 1. The smallest absolute Gasteiger partial charge is 0.251 e. The van der Waals surface area contributed by atoms with Gasteiger partial charge in [-0.05, 0) is 54.3 Å².